The van der Waals surface area contributed by atoms with E-state index in [4.69, 9.17) is 0 Å². The molecule has 0 saturated carbocycles. The first-order valence-corrected chi connectivity index (χ1v) is 7.80. The van der Waals surface area contributed by atoms with Gasteiger partial charge in [0.25, 0.3) is 5.91 Å². The van der Waals surface area contributed by atoms with Crippen molar-refractivity contribution in [1.82, 2.24) is 9.88 Å². The second-order valence-corrected chi connectivity index (χ2v) is 5.64. The maximum Gasteiger partial charge on any atom is 0.272 e. The minimum absolute atomic E-state index is 0.0288. The van der Waals surface area contributed by atoms with Crippen LogP contribution in [-0.2, 0) is 4.79 Å². The summed E-state index contributed by atoms with van der Waals surface area (Å²) in [5.74, 6) is -0.0864. The van der Waals surface area contributed by atoms with Crippen molar-refractivity contribution in [2.45, 2.75) is 12.8 Å². The maximum atomic E-state index is 12.3. The first-order chi connectivity index (χ1) is 11.2. The van der Waals surface area contributed by atoms with Gasteiger partial charge in [-0.1, -0.05) is 24.3 Å². The van der Waals surface area contributed by atoms with E-state index in [9.17, 15) is 9.59 Å². The largest absolute Gasteiger partial charge is 0.337 e. The molecule has 0 unspecified atom stereocenters. The number of amides is 2. The van der Waals surface area contributed by atoms with Crippen molar-refractivity contribution >= 4 is 17.5 Å². The van der Waals surface area contributed by atoms with E-state index in [1.54, 1.807) is 29.3 Å². The summed E-state index contributed by atoms with van der Waals surface area (Å²) in [5.41, 5.74) is 1.27. The number of rotatable bonds is 3. The number of pyridine rings is 1. The summed E-state index contributed by atoms with van der Waals surface area (Å²) in [6.45, 7) is 1.17. The third-order valence-corrected chi connectivity index (χ3v) is 4.08. The monoisotopic (exact) mass is 309 g/mol. The predicted molar refractivity (Wildman–Crippen MR) is 87.9 cm³/mol. The van der Waals surface area contributed by atoms with Crippen molar-refractivity contribution in [2.24, 2.45) is 5.92 Å². The Morgan fingerprint density at radius 3 is 2.35 bits per heavy atom. The lowest BCUT2D eigenvalue weighted by Gasteiger charge is -2.31. The molecule has 1 saturated heterocycles. The van der Waals surface area contributed by atoms with E-state index in [2.05, 4.69) is 10.3 Å². The minimum Gasteiger partial charge on any atom is -0.337 e. The van der Waals surface area contributed by atoms with Crippen LogP contribution in [0.15, 0.2) is 54.7 Å². The van der Waals surface area contributed by atoms with Crippen LogP contribution in [0.4, 0.5) is 5.69 Å². The number of hydrogen-bond acceptors (Lipinski definition) is 3. The van der Waals surface area contributed by atoms with E-state index in [1.807, 2.05) is 30.3 Å². The first-order valence-electron chi connectivity index (χ1n) is 7.80. The van der Waals surface area contributed by atoms with Gasteiger partial charge in [-0.25, -0.2) is 0 Å². The van der Waals surface area contributed by atoms with Gasteiger partial charge < -0.3 is 10.2 Å². The second kappa shape index (κ2) is 7.05. The van der Waals surface area contributed by atoms with E-state index < -0.39 is 0 Å². The molecular formula is C18H19N3O2. The van der Waals surface area contributed by atoms with E-state index in [0.29, 0.717) is 31.6 Å². The van der Waals surface area contributed by atoms with Crippen LogP contribution in [0, 0.1) is 5.92 Å². The Hall–Kier alpha value is -2.69. The molecule has 2 heterocycles. The lowest BCUT2D eigenvalue weighted by atomic mass is 9.95. The number of hydrogen-bond donors (Lipinski definition) is 1. The van der Waals surface area contributed by atoms with Crippen LogP contribution in [0.5, 0.6) is 0 Å². The van der Waals surface area contributed by atoms with Gasteiger partial charge in [-0.2, -0.15) is 0 Å². The van der Waals surface area contributed by atoms with Crippen molar-refractivity contribution in [2.75, 3.05) is 18.4 Å². The topological polar surface area (TPSA) is 62.3 Å². The van der Waals surface area contributed by atoms with Crippen molar-refractivity contribution in [3.63, 3.8) is 0 Å². The Bertz CT molecular complexity index is 665. The molecule has 5 nitrogen and oxygen atoms in total. The van der Waals surface area contributed by atoms with Crippen LogP contribution in [0.25, 0.3) is 0 Å². The smallest absolute Gasteiger partial charge is 0.272 e. The van der Waals surface area contributed by atoms with E-state index in [0.717, 1.165) is 5.69 Å². The van der Waals surface area contributed by atoms with Crippen molar-refractivity contribution in [1.29, 1.82) is 0 Å². The summed E-state index contributed by atoms with van der Waals surface area (Å²) in [6, 6.07) is 14.8. The maximum absolute atomic E-state index is 12.3. The number of nitrogens with one attached hydrogen (secondary N) is 1. The highest BCUT2D eigenvalue weighted by atomic mass is 16.2. The van der Waals surface area contributed by atoms with Crippen LogP contribution >= 0.6 is 0 Å². The molecule has 0 aliphatic carbocycles. The second-order valence-electron chi connectivity index (χ2n) is 5.64. The Kier molecular flexibility index (Phi) is 4.66. The van der Waals surface area contributed by atoms with Gasteiger partial charge in [0.05, 0.1) is 0 Å². The molecule has 1 fully saturated rings. The number of likely N-dealkylation sites (tertiary alicyclic amines) is 1. The van der Waals surface area contributed by atoms with E-state index in [-0.39, 0.29) is 17.7 Å². The molecule has 1 aliphatic rings. The third-order valence-electron chi connectivity index (χ3n) is 4.08. The highest BCUT2D eigenvalue weighted by molar-refractivity contribution is 5.94. The van der Waals surface area contributed by atoms with Gasteiger partial charge in [-0.05, 0) is 37.1 Å². The van der Waals surface area contributed by atoms with Crippen LogP contribution in [0.1, 0.15) is 23.3 Å². The van der Waals surface area contributed by atoms with Crippen molar-refractivity contribution in [3.05, 3.63) is 60.4 Å². The molecule has 1 aromatic heterocycles. The fourth-order valence-corrected chi connectivity index (χ4v) is 2.76. The normalized spacial score (nSPS) is 15.2. The van der Waals surface area contributed by atoms with Crippen molar-refractivity contribution < 1.29 is 9.59 Å². The van der Waals surface area contributed by atoms with E-state index >= 15 is 0 Å². The van der Waals surface area contributed by atoms with E-state index in [1.165, 1.54) is 0 Å². The molecule has 23 heavy (non-hydrogen) atoms. The molecule has 5 heteroatoms. The lowest BCUT2D eigenvalue weighted by Crippen LogP contribution is -2.41. The molecule has 0 atom stereocenters. The Morgan fingerprint density at radius 2 is 1.70 bits per heavy atom. The lowest BCUT2D eigenvalue weighted by molar-refractivity contribution is -0.121. The van der Waals surface area contributed by atoms with Crippen LogP contribution in [-0.4, -0.2) is 34.8 Å². The first kappa shape index (κ1) is 15.2. The highest BCUT2D eigenvalue weighted by Crippen LogP contribution is 2.20. The molecule has 1 N–H and O–H groups in total. The molecule has 2 aromatic rings. The highest BCUT2D eigenvalue weighted by Gasteiger charge is 2.28. The van der Waals surface area contributed by atoms with Gasteiger partial charge in [0.2, 0.25) is 5.91 Å². The fraction of sp³-hybridized carbons (Fsp3) is 0.278. The summed E-state index contributed by atoms with van der Waals surface area (Å²) < 4.78 is 0. The number of carbonyl (C=O) groups is 2. The summed E-state index contributed by atoms with van der Waals surface area (Å²) in [4.78, 5) is 30.5. The number of benzene rings is 1. The number of aromatic nitrogens is 1. The molecule has 118 valence electrons. The molecule has 0 bridgehead atoms. The van der Waals surface area contributed by atoms with Gasteiger partial charge in [0.1, 0.15) is 5.69 Å². The third kappa shape index (κ3) is 3.74. The molecule has 1 aliphatic heterocycles. The van der Waals surface area contributed by atoms with Crippen LogP contribution in [0.3, 0.4) is 0 Å². The summed E-state index contributed by atoms with van der Waals surface area (Å²) in [5, 5.41) is 2.93. The minimum atomic E-state index is -0.0625. The molecule has 2 amide bonds. The fourth-order valence-electron chi connectivity index (χ4n) is 2.76. The molecule has 1 aromatic carbocycles. The quantitative estimate of drug-likeness (QED) is 0.948. The van der Waals surface area contributed by atoms with Gasteiger partial charge in [0.15, 0.2) is 0 Å². The van der Waals surface area contributed by atoms with Gasteiger partial charge in [-0.15, -0.1) is 0 Å². The number of carbonyl (C=O) groups excluding carboxylic acids is 2. The number of para-hydroxylation sites is 1. The zero-order valence-corrected chi connectivity index (χ0v) is 12.8. The van der Waals surface area contributed by atoms with Gasteiger partial charge in [0, 0.05) is 30.9 Å². The van der Waals surface area contributed by atoms with Crippen LogP contribution in [0.2, 0.25) is 0 Å². The van der Waals surface area contributed by atoms with Gasteiger partial charge in [-0.3, -0.25) is 14.6 Å². The molecular weight excluding hydrogens is 290 g/mol. The molecule has 0 radical (unpaired) electrons. The van der Waals surface area contributed by atoms with Gasteiger partial charge >= 0.3 is 0 Å². The standard InChI is InChI=1S/C18H19N3O2/c22-17(20-15-6-2-1-3-7-15)14-9-12-21(13-10-14)18(23)16-8-4-5-11-19-16/h1-8,11,14H,9-10,12-13H2,(H,20,22). The SMILES string of the molecule is O=C(Nc1ccccc1)C1CCN(C(=O)c2ccccn2)CC1. The Morgan fingerprint density at radius 1 is 1.00 bits per heavy atom. The Labute approximate surface area is 135 Å². The van der Waals surface area contributed by atoms with Crippen LogP contribution < -0.4 is 5.32 Å². The number of anilines is 1. The average molecular weight is 309 g/mol. The number of nitrogens with zero attached hydrogens (tertiary/aromatic N) is 2. The molecule has 3 rings (SSSR count). The number of piperidine rings is 1. The summed E-state index contributed by atoms with van der Waals surface area (Å²) >= 11 is 0. The zero-order valence-electron chi connectivity index (χ0n) is 12.8. The Balaban J connectivity index is 1.54. The zero-order chi connectivity index (χ0) is 16.1. The summed E-state index contributed by atoms with van der Waals surface area (Å²) in [6.07, 6.45) is 2.97. The predicted octanol–water partition coefficient (Wildman–Crippen LogP) is 2.57. The summed E-state index contributed by atoms with van der Waals surface area (Å²) in [7, 11) is 0. The molecule has 0 spiro atoms. The average Bonchev–Trinajstić information content (AvgIpc) is 2.63. The van der Waals surface area contributed by atoms with Crippen molar-refractivity contribution in [3.8, 4) is 0 Å².